The number of hydrogen-bond acceptors (Lipinski definition) is 4. The Balaban J connectivity index is 2.72. The van der Waals surface area contributed by atoms with Gasteiger partial charge in [0.05, 0.1) is 11.6 Å². The van der Waals surface area contributed by atoms with Gasteiger partial charge < -0.3 is 0 Å². The summed E-state index contributed by atoms with van der Waals surface area (Å²) < 4.78 is 23.9. The molecule has 2 rings (SSSR count). The van der Waals surface area contributed by atoms with E-state index in [4.69, 9.17) is 5.26 Å². The van der Waals surface area contributed by atoms with Gasteiger partial charge >= 0.3 is 0 Å². The zero-order valence-corrected chi connectivity index (χ0v) is 11.6. The largest absolute Gasteiger partial charge is 0.299 e. The molecule has 0 amide bonds. The standard InChI is InChI=1S/C10H7BrN4O2S/c1-15-9(13-14-10(15)18(16)17)7-3-2-6(5-12)4-8(7)11/h2-4,14H,1H3. The minimum Gasteiger partial charge on any atom is -0.299 e. The molecule has 0 aliphatic heterocycles. The van der Waals surface area contributed by atoms with Crippen molar-refractivity contribution in [1.82, 2.24) is 14.8 Å². The van der Waals surface area contributed by atoms with Crippen LogP contribution >= 0.6 is 15.9 Å². The lowest BCUT2D eigenvalue weighted by Crippen LogP contribution is -1.95. The summed E-state index contributed by atoms with van der Waals surface area (Å²) in [6.07, 6.45) is 0. The van der Waals surface area contributed by atoms with Crippen molar-refractivity contribution in [1.29, 1.82) is 5.26 Å². The molecule has 0 aliphatic carbocycles. The summed E-state index contributed by atoms with van der Waals surface area (Å²) in [5.41, 5.74) is 1.21. The molecule has 0 spiro atoms. The topological polar surface area (TPSA) is 91.5 Å². The second-order valence-electron chi connectivity index (χ2n) is 3.45. The quantitative estimate of drug-likeness (QED) is 0.803. The lowest BCUT2D eigenvalue weighted by atomic mass is 10.1. The maximum Gasteiger partial charge on any atom is 0.257 e. The maximum atomic E-state index is 10.9. The van der Waals surface area contributed by atoms with E-state index in [0.717, 1.165) is 0 Å². The summed E-state index contributed by atoms with van der Waals surface area (Å²) in [7, 11) is -0.787. The van der Waals surface area contributed by atoms with Crippen molar-refractivity contribution < 1.29 is 8.42 Å². The zero-order chi connectivity index (χ0) is 13.3. The van der Waals surface area contributed by atoms with Gasteiger partial charge in [0.1, 0.15) is 0 Å². The summed E-state index contributed by atoms with van der Waals surface area (Å²) in [6.45, 7) is 0. The van der Waals surface area contributed by atoms with Crippen molar-refractivity contribution in [2.45, 2.75) is 0 Å². The minimum atomic E-state index is -2.38. The predicted molar refractivity (Wildman–Crippen MR) is 67.6 cm³/mol. The Labute approximate surface area is 112 Å². The van der Waals surface area contributed by atoms with Gasteiger partial charge in [0.2, 0.25) is 0 Å². The third-order valence-corrected chi connectivity index (χ3v) is 3.71. The van der Waals surface area contributed by atoms with Gasteiger partial charge in [0.25, 0.3) is 15.1 Å². The maximum absolute atomic E-state index is 10.9. The summed E-state index contributed by atoms with van der Waals surface area (Å²) >= 11 is 3.33. The lowest BCUT2D eigenvalue weighted by Gasteiger charge is -2.03. The Bertz CT molecular complexity index is 818. The Morgan fingerprint density at radius 2 is 2.22 bits per heavy atom. The molecule has 0 saturated heterocycles. The Hall–Kier alpha value is -1.85. The first-order valence-corrected chi connectivity index (χ1v) is 6.65. The molecular weight excluding hydrogens is 320 g/mol. The molecule has 1 N–H and O–H groups in total. The van der Waals surface area contributed by atoms with E-state index in [1.54, 1.807) is 25.2 Å². The van der Waals surface area contributed by atoms with Gasteiger partial charge in [-0.3, -0.25) is 4.57 Å². The Morgan fingerprint density at radius 3 is 2.72 bits per heavy atom. The first kappa shape index (κ1) is 12.6. The van der Waals surface area contributed by atoms with E-state index >= 15 is 0 Å². The lowest BCUT2D eigenvalue weighted by molar-refractivity contribution is 0.621. The molecule has 92 valence electrons. The van der Waals surface area contributed by atoms with E-state index in [9.17, 15) is 8.42 Å². The molecule has 0 fully saturated rings. The predicted octanol–water partition coefficient (Wildman–Crippen LogP) is 1.46. The van der Waals surface area contributed by atoms with E-state index in [2.05, 4.69) is 26.1 Å². The molecule has 0 unspecified atom stereocenters. The van der Waals surface area contributed by atoms with E-state index in [-0.39, 0.29) is 4.77 Å². The smallest absolute Gasteiger partial charge is 0.257 e. The van der Waals surface area contributed by atoms with Gasteiger partial charge in [-0.15, -0.1) is 0 Å². The highest BCUT2D eigenvalue weighted by Gasteiger charge is 2.10. The molecule has 0 radical (unpaired) electrons. The Morgan fingerprint density at radius 1 is 1.50 bits per heavy atom. The molecule has 0 saturated carbocycles. The molecule has 0 bridgehead atoms. The first-order chi connectivity index (χ1) is 8.54. The van der Waals surface area contributed by atoms with Gasteiger partial charge in [-0.05, 0) is 34.1 Å². The number of H-pyrrole nitrogens is 1. The number of benzene rings is 1. The van der Waals surface area contributed by atoms with Crippen molar-refractivity contribution in [3.05, 3.63) is 33.0 Å². The van der Waals surface area contributed by atoms with E-state index in [1.165, 1.54) is 4.57 Å². The van der Waals surface area contributed by atoms with Crippen LogP contribution in [0.3, 0.4) is 0 Å². The minimum absolute atomic E-state index is 0.0127. The molecule has 1 aromatic carbocycles. The van der Waals surface area contributed by atoms with Crippen LogP contribution in [0.5, 0.6) is 0 Å². The number of halogens is 1. The highest BCUT2D eigenvalue weighted by Crippen LogP contribution is 2.27. The second kappa shape index (κ2) is 4.80. The molecule has 0 aliphatic rings. The average Bonchev–Trinajstić information content (AvgIpc) is 2.71. The van der Waals surface area contributed by atoms with Crippen LogP contribution in [0.25, 0.3) is 11.4 Å². The summed E-state index contributed by atoms with van der Waals surface area (Å²) in [5.74, 6) is 0.463. The fourth-order valence-electron chi connectivity index (χ4n) is 1.50. The highest BCUT2D eigenvalue weighted by molar-refractivity contribution is 9.10. The summed E-state index contributed by atoms with van der Waals surface area (Å²) in [4.78, 5) is 0. The monoisotopic (exact) mass is 326 g/mol. The van der Waals surface area contributed by atoms with Crippen LogP contribution < -0.4 is 0 Å². The highest BCUT2D eigenvalue weighted by atomic mass is 79.9. The van der Waals surface area contributed by atoms with Crippen molar-refractivity contribution in [2.75, 3.05) is 0 Å². The van der Waals surface area contributed by atoms with Crippen LogP contribution in [0.15, 0.2) is 22.7 Å². The molecule has 1 heterocycles. The van der Waals surface area contributed by atoms with Gasteiger partial charge in [-0.25, -0.2) is 5.10 Å². The van der Waals surface area contributed by atoms with Crippen LogP contribution in [0.4, 0.5) is 0 Å². The number of nitrogens with zero attached hydrogens (tertiary/aromatic N) is 3. The van der Waals surface area contributed by atoms with Crippen LogP contribution in [0, 0.1) is 16.1 Å². The summed E-state index contributed by atoms with van der Waals surface area (Å²) in [6, 6.07) is 7.02. The molecule has 0 atom stereocenters. The van der Waals surface area contributed by atoms with Crippen LogP contribution in [-0.2, 0) is 17.3 Å². The van der Waals surface area contributed by atoms with Gasteiger partial charge in [-0.1, -0.05) is 0 Å². The number of nitrogens with one attached hydrogen (secondary N) is 1. The van der Waals surface area contributed by atoms with Gasteiger partial charge in [0.15, 0.2) is 5.82 Å². The molecule has 2 aromatic rings. The van der Waals surface area contributed by atoms with Crippen molar-refractivity contribution >= 4 is 26.2 Å². The molecule has 8 heteroatoms. The van der Waals surface area contributed by atoms with E-state index in [1.807, 2.05) is 6.07 Å². The van der Waals surface area contributed by atoms with Gasteiger partial charge in [0, 0.05) is 17.1 Å². The first-order valence-electron chi connectivity index (χ1n) is 4.78. The van der Waals surface area contributed by atoms with Gasteiger partial charge in [-0.2, -0.15) is 18.8 Å². The van der Waals surface area contributed by atoms with Crippen LogP contribution in [0.2, 0.25) is 0 Å². The van der Waals surface area contributed by atoms with Crippen molar-refractivity contribution in [2.24, 2.45) is 7.05 Å². The number of hydrogen-bond donors (Lipinski definition) is 1. The fraction of sp³-hybridized carbons (Fsp3) is 0.100. The van der Waals surface area contributed by atoms with Crippen molar-refractivity contribution in [3.63, 3.8) is 0 Å². The zero-order valence-electron chi connectivity index (χ0n) is 9.18. The number of rotatable bonds is 1. The van der Waals surface area contributed by atoms with E-state index in [0.29, 0.717) is 21.4 Å². The Kier molecular flexibility index (Phi) is 3.36. The average molecular weight is 327 g/mol. The SMILES string of the molecule is Cn1c(-c2ccc(C#N)cc2Br)n[nH]c1=S(=O)=O. The third kappa shape index (κ3) is 2.10. The molecular formula is C10H7BrN4O2S. The number of aromatic nitrogens is 3. The summed E-state index contributed by atoms with van der Waals surface area (Å²) in [5, 5.41) is 15.2. The van der Waals surface area contributed by atoms with Crippen molar-refractivity contribution in [3.8, 4) is 17.5 Å². The molecule has 18 heavy (non-hydrogen) atoms. The number of aromatic amines is 1. The number of nitriles is 1. The fourth-order valence-corrected chi connectivity index (χ4v) is 2.49. The van der Waals surface area contributed by atoms with Crippen LogP contribution in [-0.4, -0.2) is 23.2 Å². The molecule has 6 nitrogen and oxygen atoms in total. The molecule has 1 aromatic heterocycles. The van der Waals surface area contributed by atoms with Crippen LogP contribution in [0.1, 0.15) is 5.56 Å². The normalized spacial score (nSPS) is 10.1. The second-order valence-corrected chi connectivity index (χ2v) is 5.16. The van der Waals surface area contributed by atoms with E-state index < -0.39 is 10.3 Å². The third-order valence-electron chi connectivity index (χ3n) is 2.38.